The molecule has 0 bridgehead atoms. The predicted octanol–water partition coefficient (Wildman–Crippen LogP) is 3.05. The summed E-state index contributed by atoms with van der Waals surface area (Å²) >= 11 is 0. The van der Waals surface area contributed by atoms with E-state index in [1.165, 1.54) is 18.2 Å². The van der Waals surface area contributed by atoms with Crippen LogP contribution in [0.3, 0.4) is 0 Å². The lowest BCUT2D eigenvalue weighted by atomic mass is 9.99. The van der Waals surface area contributed by atoms with Crippen molar-refractivity contribution in [1.29, 1.82) is 0 Å². The Morgan fingerprint density at radius 1 is 1.31 bits per heavy atom. The van der Waals surface area contributed by atoms with E-state index in [4.69, 9.17) is 5.11 Å². The number of benzene rings is 1. The van der Waals surface area contributed by atoms with Crippen LogP contribution in [-0.4, -0.2) is 17.3 Å². The van der Waals surface area contributed by atoms with Crippen LogP contribution in [0.2, 0.25) is 0 Å². The minimum atomic E-state index is -4.27. The highest BCUT2D eigenvalue weighted by molar-refractivity contribution is 5.87. The first-order chi connectivity index (χ1) is 7.33. The van der Waals surface area contributed by atoms with Crippen molar-refractivity contribution in [2.45, 2.75) is 25.9 Å². The van der Waals surface area contributed by atoms with Crippen LogP contribution in [-0.2, 0) is 12.8 Å². The molecule has 1 aromatic rings. The molecule has 0 saturated carbocycles. The molecular weight excluding hydrogens is 221 g/mol. The topological polar surface area (TPSA) is 37.3 Å². The van der Waals surface area contributed by atoms with E-state index < -0.39 is 18.6 Å². The molecule has 0 saturated heterocycles. The molecule has 1 N–H and O–H groups in total. The van der Waals surface area contributed by atoms with Gasteiger partial charge in [-0.15, -0.1) is 0 Å². The molecule has 2 nitrogen and oxygen atoms in total. The van der Waals surface area contributed by atoms with Crippen molar-refractivity contribution in [1.82, 2.24) is 0 Å². The van der Waals surface area contributed by atoms with Gasteiger partial charge in [-0.05, 0) is 29.7 Å². The van der Waals surface area contributed by atoms with Gasteiger partial charge in [-0.2, -0.15) is 13.2 Å². The molecule has 0 amide bonds. The maximum atomic E-state index is 12.2. The standard InChI is InChI=1S/C11H11F3O2/c1-2-7-5-8(10(15)16)3-4-9(7)6-11(12,13)14/h3-5H,2,6H2,1H3,(H,15,16). The molecule has 16 heavy (non-hydrogen) atoms. The van der Waals surface area contributed by atoms with Gasteiger partial charge in [0.25, 0.3) is 0 Å². The highest BCUT2D eigenvalue weighted by Gasteiger charge is 2.28. The molecule has 0 heterocycles. The molecule has 0 aliphatic carbocycles. The highest BCUT2D eigenvalue weighted by Crippen LogP contribution is 2.24. The third-order valence-electron chi connectivity index (χ3n) is 2.23. The maximum Gasteiger partial charge on any atom is 0.393 e. The van der Waals surface area contributed by atoms with Crippen molar-refractivity contribution in [2.24, 2.45) is 0 Å². The Bertz CT molecular complexity index is 397. The molecule has 0 aromatic heterocycles. The summed E-state index contributed by atoms with van der Waals surface area (Å²) < 4.78 is 36.6. The number of hydrogen-bond acceptors (Lipinski definition) is 1. The molecule has 0 unspecified atom stereocenters. The van der Waals surface area contributed by atoms with Gasteiger partial charge in [-0.25, -0.2) is 4.79 Å². The Labute approximate surface area is 90.7 Å². The van der Waals surface area contributed by atoms with Gasteiger partial charge >= 0.3 is 12.1 Å². The highest BCUT2D eigenvalue weighted by atomic mass is 19.4. The molecule has 0 fully saturated rings. The zero-order valence-electron chi connectivity index (χ0n) is 8.64. The van der Waals surface area contributed by atoms with Gasteiger partial charge < -0.3 is 5.11 Å². The SMILES string of the molecule is CCc1cc(C(=O)O)ccc1CC(F)(F)F. The second-order valence-corrected chi connectivity index (χ2v) is 3.43. The van der Waals surface area contributed by atoms with Gasteiger partial charge in [0.05, 0.1) is 12.0 Å². The normalized spacial score (nSPS) is 11.5. The lowest BCUT2D eigenvalue weighted by Gasteiger charge is -2.11. The average Bonchev–Trinajstić information content (AvgIpc) is 2.15. The summed E-state index contributed by atoms with van der Waals surface area (Å²) in [6.45, 7) is 1.70. The smallest absolute Gasteiger partial charge is 0.393 e. The fraction of sp³-hybridized carbons (Fsp3) is 0.364. The number of hydrogen-bond donors (Lipinski definition) is 1. The summed E-state index contributed by atoms with van der Waals surface area (Å²) in [6.07, 6.45) is -4.91. The van der Waals surface area contributed by atoms with Crippen LogP contribution in [0.4, 0.5) is 13.2 Å². The molecule has 0 aliphatic rings. The van der Waals surface area contributed by atoms with Crippen molar-refractivity contribution < 1.29 is 23.1 Å². The molecule has 0 spiro atoms. The molecule has 0 aliphatic heterocycles. The third-order valence-corrected chi connectivity index (χ3v) is 2.23. The van der Waals surface area contributed by atoms with Crippen LogP contribution in [0.15, 0.2) is 18.2 Å². The first-order valence-corrected chi connectivity index (χ1v) is 4.75. The van der Waals surface area contributed by atoms with Gasteiger partial charge in [-0.3, -0.25) is 0 Å². The number of halogens is 3. The van der Waals surface area contributed by atoms with Crippen LogP contribution in [0, 0.1) is 0 Å². The first kappa shape index (κ1) is 12.5. The van der Waals surface area contributed by atoms with Crippen LogP contribution in [0.5, 0.6) is 0 Å². The lowest BCUT2D eigenvalue weighted by Crippen LogP contribution is -2.13. The van der Waals surface area contributed by atoms with Gasteiger partial charge in [0.2, 0.25) is 0 Å². The number of rotatable bonds is 3. The monoisotopic (exact) mass is 232 g/mol. The van der Waals surface area contributed by atoms with E-state index in [1.807, 2.05) is 0 Å². The first-order valence-electron chi connectivity index (χ1n) is 4.75. The van der Waals surface area contributed by atoms with Crippen molar-refractivity contribution >= 4 is 5.97 Å². The zero-order chi connectivity index (χ0) is 12.3. The summed E-state index contributed by atoms with van der Waals surface area (Å²) in [4.78, 5) is 10.6. The minimum absolute atomic E-state index is 0.0165. The number of carboxylic acid groups (broad SMARTS) is 1. The van der Waals surface area contributed by atoms with Crippen LogP contribution in [0.1, 0.15) is 28.4 Å². The Morgan fingerprint density at radius 3 is 2.38 bits per heavy atom. The van der Waals surface area contributed by atoms with Crippen molar-refractivity contribution in [3.63, 3.8) is 0 Å². The van der Waals surface area contributed by atoms with E-state index in [0.717, 1.165) is 0 Å². The van der Waals surface area contributed by atoms with Crippen LogP contribution >= 0.6 is 0 Å². The van der Waals surface area contributed by atoms with Crippen molar-refractivity contribution in [3.05, 3.63) is 34.9 Å². The molecule has 5 heteroatoms. The summed E-state index contributed by atoms with van der Waals surface area (Å²) in [5.74, 6) is -1.13. The Kier molecular flexibility index (Phi) is 3.57. The fourth-order valence-electron chi connectivity index (χ4n) is 1.48. The second kappa shape index (κ2) is 4.55. The zero-order valence-corrected chi connectivity index (χ0v) is 8.64. The second-order valence-electron chi connectivity index (χ2n) is 3.43. The van der Waals surface area contributed by atoms with Gasteiger partial charge in [0.1, 0.15) is 0 Å². The predicted molar refractivity (Wildman–Crippen MR) is 52.5 cm³/mol. The maximum absolute atomic E-state index is 12.2. The average molecular weight is 232 g/mol. The van der Waals surface area contributed by atoms with E-state index in [0.29, 0.717) is 12.0 Å². The number of aromatic carboxylic acids is 1. The Balaban J connectivity index is 3.07. The van der Waals surface area contributed by atoms with E-state index in [-0.39, 0.29) is 11.1 Å². The quantitative estimate of drug-likeness (QED) is 0.869. The third kappa shape index (κ3) is 3.25. The summed E-state index contributed by atoms with van der Waals surface area (Å²) in [6, 6.07) is 3.72. The van der Waals surface area contributed by atoms with E-state index in [9.17, 15) is 18.0 Å². The molecule has 1 aromatic carbocycles. The fourth-order valence-corrected chi connectivity index (χ4v) is 1.48. The van der Waals surface area contributed by atoms with Gasteiger partial charge in [-0.1, -0.05) is 13.0 Å². The van der Waals surface area contributed by atoms with Gasteiger partial charge in [0, 0.05) is 0 Å². The molecule has 88 valence electrons. The lowest BCUT2D eigenvalue weighted by molar-refractivity contribution is -0.127. The van der Waals surface area contributed by atoms with E-state index in [2.05, 4.69) is 0 Å². The van der Waals surface area contributed by atoms with Crippen molar-refractivity contribution in [3.8, 4) is 0 Å². The number of alkyl halides is 3. The van der Waals surface area contributed by atoms with Crippen molar-refractivity contribution in [2.75, 3.05) is 0 Å². The Hall–Kier alpha value is -1.52. The van der Waals surface area contributed by atoms with E-state index >= 15 is 0 Å². The van der Waals surface area contributed by atoms with Crippen LogP contribution in [0.25, 0.3) is 0 Å². The largest absolute Gasteiger partial charge is 0.478 e. The number of aryl methyl sites for hydroxylation is 1. The summed E-state index contributed by atoms with van der Waals surface area (Å²) in [5, 5.41) is 8.71. The molecule has 1 rings (SSSR count). The Morgan fingerprint density at radius 2 is 1.94 bits per heavy atom. The van der Waals surface area contributed by atoms with Crippen LogP contribution < -0.4 is 0 Å². The summed E-state index contributed by atoms with van der Waals surface area (Å²) in [5.41, 5.74) is 0.583. The number of carboxylic acids is 1. The molecule has 0 radical (unpaired) electrons. The number of carbonyl (C=O) groups is 1. The molecular formula is C11H11F3O2. The minimum Gasteiger partial charge on any atom is -0.478 e. The molecule has 0 atom stereocenters. The van der Waals surface area contributed by atoms with E-state index in [1.54, 1.807) is 6.92 Å². The summed E-state index contributed by atoms with van der Waals surface area (Å²) in [7, 11) is 0. The van der Waals surface area contributed by atoms with Gasteiger partial charge in [0.15, 0.2) is 0 Å².